The van der Waals surface area contributed by atoms with Crippen LogP contribution in [0.4, 0.5) is 0 Å². The van der Waals surface area contributed by atoms with Gasteiger partial charge in [-0.1, -0.05) is 101 Å². The van der Waals surface area contributed by atoms with E-state index in [9.17, 15) is 5.11 Å². The largest absolute Gasteiger partial charge is 0.403 e. The molecule has 2 nitrogen and oxygen atoms in total. The van der Waals surface area contributed by atoms with E-state index >= 15 is 0 Å². The summed E-state index contributed by atoms with van der Waals surface area (Å²) in [7, 11) is -2.54. The van der Waals surface area contributed by atoms with Gasteiger partial charge in [-0.05, 0) is 27.6 Å². The van der Waals surface area contributed by atoms with Crippen molar-refractivity contribution in [1.82, 2.24) is 0 Å². The molecule has 0 aromatic heterocycles. The first-order valence-electron chi connectivity index (χ1n) is 9.96. The molecule has 3 heteroatoms. The quantitative estimate of drug-likeness (QED) is 0.424. The Morgan fingerprint density at radius 3 is 1.86 bits per heavy atom. The number of terminal acetylenes is 1. The zero-order valence-corrected chi connectivity index (χ0v) is 19.1. The van der Waals surface area contributed by atoms with Gasteiger partial charge in [-0.3, -0.25) is 0 Å². The zero-order chi connectivity index (χ0) is 21.5. The summed E-state index contributed by atoms with van der Waals surface area (Å²) in [6, 6.07) is 21.1. The van der Waals surface area contributed by atoms with E-state index in [1.54, 1.807) is 0 Å². The summed E-state index contributed by atoms with van der Waals surface area (Å²) in [4.78, 5) is 0. The Balaban J connectivity index is 2.42. The van der Waals surface area contributed by atoms with E-state index in [1.165, 1.54) is 10.4 Å². The van der Waals surface area contributed by atoms with Crippen molar-refractivity contribution in [2.45, 2.75) is 45.8 Å². The van der Waals surface area contributed by atoms with Gasteiger partial charge in [0.05, 0.1) is 6.61 Å². The smallest absolute Gasteiger partial charge is 0.261 e. The molecule has 1 atom stereocenters. The van der Waals surface area contributed by atoms with Crippen LogP contribution in [0.25, 0.3) is 0 Å². The van der Waals surface area contributed by atoms with Gasteiger partial charge in [-0.15, -0.1) is 12.2 Å². The van der Waals surface area contributed by atoms with E-state index in [-0.39, 0.29) is 5.04 Å². The fraction of sp³-hybridized carbons (Fsp3) is 0.346. The van der Waals surface area contributed by atoms with Crippen molar-refractivity contribution in [3.8, 4) is 12.3 Å². The van der Waals surface area contributed by atoms with Gasteiger partial charge in [0.1, 0.15) is 6.10 Å². The minimum atomic E-state index is -2.54. The third-order valence-electron chi connectivity index (χ3n) is 5.24. The van der Waals surface area contributed by atoms with E-state index in [0.29, 0.717) is 6.61 Å². The standard InChI is InChI=1S/C26H32O2Si/c1-7-24(27)26(5,6)20-14-15-21-28-29(25(2,3)4,22-16-10-8-11-17-22)23-18-12-9-13-19-23/h1,8-13,15-20,24,27H,21H2,2-6H3/t14?,24-/m0/s1. The van der Waals surface area contributed by atoms with E-state index in [2.05, 4.69) is 81.0 Å². The van der Waals surface area contributed by atoms with Crippen LogP contribution in [-0.4, -0.2) is 26.1 Å². The highest BCUT2D eigenvalue weighted by Crippen LogP contribution is 2.36. The van der Waals surface area contributed by atoms with Crippen molar-refractivity contribution >= 4 is 18.7 Å². The highest BCUT2D eigenvalue weighted by atomic mass is 28.4. The van der Waals surface area contributed by atoms with Gasteiger partial charge < -0.3 is 9.53 Å². The molecule has 0 fully saturated rings. The molecular weight excluding hydrogens is 372 g/mol. The summed E-state index contributed by atoms with van der Waals surface area (Å²) in [6.07, 6.45) is 8.19. The molecule has 2 rings (SSSR count). The van der Waals surface area contributed by atoms with Gasteiger partial charge >= 0.3 is 0 Å². The molecular formula is C26H32O2Si. The molecule has 152 valence electrons. The maximum Gasteiger partial charge on any atom is 0.261 e. The summed E-state index contributed by atoms with van der Waals surface area (Å²) >= 11 is 0. The topological polar surface area (TPSA) is 29.5 Å². The first kappa shape index (κ1) is 22.9. The Kier molecular flexibility index (Phi) is 7.46. The molecule has 0 saturated carbocycles. The number of hydrogen-bond donors (Lipinski definition) is 1. The third-order valence-corrected chi connectivity index (χ3v) is 10.2. The number of benzene rings is 2. The molecule has 0 spiro atoms. The summed E-state index contributed by atoms with van der Waals surface area (Å²) in [5.41, 5.74) is 2.62. The van der Waals surface area contributed by atoms with E-state index in [0.717, 1.165) is 0 Å². The second-order valence-electron chi connectivity index (χ2n) is 8.88. The molecule has 0 aliphatic rings. The first-order chi connectivity index (χ1) is 13.6. The molecule has 1 N–H and O–H groups in total. The van der Waals surface area contributed by atoms with Crippen molar-refractivity contribution in [2.75, 3.05) is 6.61 Å². The van der Waals surface area contributed by atoms with Crippen LogP contribution >= 0.6 is 0 Å². The monoisotopic (exact) mass is 404 g/mol. The minimum Gasteiger partial charge on any atom is -0.403 e. The number of aliphatic hydroxyl groups is 1. The average Bonchev–Trinajstić information content (AvgIpc) is 2.70. The predicted octanol–water partition coefficient (Wildman–Crippen LogP) is 4.29. The van der Waals surface area contributed by atoms with Gasteiger partial charge in [0.2, 0.25) is 0 Å². The van der Waals surface area contributed by atoms with Crippen molar-refractivity contribution in [3.05, 3.63) is 78.5 Å². The van der Waals surface area contributed by atoms with E-state index < -0.39 is 19.8 Å². The van der Waals surface area contributed by atoms with Crippen LogP contribution in [0.1, 0.15) is 34.6 Å². The Bertz CT molecular complexity index is 840. The SMILES string of the molecule is C#C[C@H](O)C(C)(C)C=C=CCO[Si](c1ccccc1)(c1ccccc1)C(C)(C)C. The molecule has 0 heterocycles. The molecule has 2 aromatic rings. The first-order valence-corrected chi connectivity index (χ1v) is 11.9. The summed E-state index contributed by atoms with van der Waals surface area (Å²) in [5.74, 6) is 2.38. The lowest BCUT2D eigenvalue weighted by Gasteiger charge is -2.42. The maximum absolute atomic E-state index is 9.93. The van der Waals surface area contributed by atoms with Crippen LogP contribution in [0, 0.1) is 17.8 Å². The molecule has 0 unspecified atom stereocenters. The van der Waals surface area contributed by atoms with Gasteiger partial charge in [-0.2, -0.15) is 0 Å². The van der Waals surface area contributed by atoms with Gasteiger partial charge in [0.25, 0.3) is 8.32 Å². The maximum atomic E-state index is 9.93. The predicted molar refractivity (Wildman–Crippen MR) is 125 cm³/mol. The molecule has 0 saturated heterocycles. The van der Waals surface area contributed by atoms with Crippen LogP contribution in [-0.2, 0) is 4.43 Å². The lowest BCUT2D eigenvalue weighted by atomic mass is 9.87. The lowest BCUT2D eigenvalue weighted by Crippen LogP contribution is -2.66. The molecule has 2 aromatic carbocycles. The van der Waals surface area contributed by atoms with Crippen LogP contribution in [0.5, 0.6) is 0 Å². The second-order valence-corrected chi connectivity index (χ2v) is 13.2. The lowest BCUT2D eigenvalue weighted by molar-refractivity contribution is 0.135. The Hall–Kier alpha value is -2.34. The van der Waals surface area contributed by atoms with Gasteiger partial charge in [-0.25, -0.2) is 0 Å². The van der Waals surface area contributed by atoms with Crippen LogP contribution in [0.15, 0.2) is 78.5 Å². The van der Waals surface area contributed by atoms with Crippen molar-refractivity contribution in [2.24, 2.45) is 5.41 Å². The van der Waals surface area contributed by atoms with E-state index in [1.807, 2.05) is 38.1 Å². The normalized spacial score (nSPS) is 13.1. The molecule has 29 heavy (non-hydrogen) atoms. The molecule has 0 amide bonds. The van der Waals surface area contributed by atoms with Crippen molar-refractivity contribution < 1.29 is 9.53 Å². The molecule has 0 bridgehead atoms. The van der Waals surface area contributed by atoms with Gasteiger partial charge in [0, 0.05) is 5.41 Å². The fourth-order valence-electron chi connectivity index (χ4n) is 3.54. The zero-order valence-electron chi connectivity index (χ0n) is 18.1. The minimum absolute atomic E-state index is 0.0633. The molecule has 0 aliphatic carbocycles. The summed E-state index contributed by atoms with van der Waals surface area (Å²) in [5, 5.41) is 12.4. The van der Waals surface area contributed by atoms with Crippen molar-refractivity contribution in [1.29, 1.82) is 0 Å². The second kappa shape index (κ2) is 9.44. The summed E-state index contributed by atoms with van der Waals surface area (Å²) < 4.78 is 6.77. The number of hydrogen-bond acceptors (Lipinski definition) is 2. The van der Waals surface area contributed by atoms with Crippen LogP contribution in [0.2, 0.25) is 5.04 Å². The Labute approximate surface area is 177 Å². The fourth-order valence-corrected chi connectivity index (χ4v) is 8.03. The van der Waals surface area contributed by atoms with Crippen LogP contribution < -0.4 is 10.4 Å². The van der Waals surface area contributed by atoms with Crippen molar-refractivity contribution in [3.63, 3.8) is 0 Å². The van der Waals surface area contributed by atoms with E-state index in [4.69, 9.17) is 10.8 Å². The van der Waals surface area contributed by atoms with Gasteiger partial charge in [0.15, 0.2) is 0 Å². The third kappa shape index (κ3) is 5.18. The molecule has 0 radical (unpaired) electrons. The highest BCUT2D eigenvalue weighted by molar-refractivity contribution is 6.99. The number of aliphatic hydroxyl groups excluding tert-OH is 1. The average molecular weight is 405 g/mol. The number of rotatable bonds is 7. The van der Waals surface area contributed by atoms with Crippen LogP contribution in [0.3, 0.4) is 0 Å². The molecule has 0 aliphatic heterocycles. The Morgan fingerprint density at radius 1 is 0.966 bits per heavy atom. The Morgan fingerprint density at radius 2 is 1.45 bits per heavy atom. The summed E-state index contributed by atoms with van der Waals surface area (Å²) in [6.45, 7) is 11.0. The highest BCUT2D eigenvalue weighted by Gasteiger charge is 2.49.